The summed E-state index contributed by atoms with van der Waals surface area (Å²) in [7, 11) is 3.56. The van der Waals surface area contributed by atoms with Crippen molar-refractivity contribution in [3.63, 3.8) is 0 Å². The molecule has 1 fully saturated rings. The SMILES string of the molecule is CCc1cc(CNC(=O)N(C)C2CC(C)(OC)C2(C)C)on1. The first-order valence-corrected chi connectivity index (χ1v) is 7.75. The van der Waals surface area contributed by atoms with Crippen molar-refractivity contribution in [3.05, 3.63) is 17.5 Å². The first kappa shape index (κ1) is 16.8. The number of methoxy groups -OCH3 is 1. The summed E-state index contributed by atoms with van der Waals surface area (Å²) in [6.45, 7) is 8.73. The van der Waals surface area contributed by atoms with Crippen LogP contribution in [0.5, 0.6) is 0 Å². The molecule has 1 aliphatic carbocycles. The van der Waals surface area contributed by atoms with E-state index in [2.05, 4.69) is 31.2 Å². The van der Waals surface area contributed by atoms with Gasteiger partial charge in [-0.25, -0.2) is 4.79 Å². The lowest BCUT2D eigenvalue weighted by molar-refractivity contribution is -0.198. The molecule has 0 aliphatic heterocycles. The van der Waals surface area contributed by atoms with Crippen LogP contribution in [0.15, 0.2) is 10.6 Å². The van der Waals surface area contributed by atoms with E-state index in [0.717, 1.165) is 18.5 Å². The average molecular weight is 309 g/mol. The van der Waals surface area contributed by atoms with Crippen LogP contribution in [0.25, 0.3) is 0 Å². The number of amides is 2. The lowest BCUT2D eigenvalue weighted by Gasteiger charge is -2.61. The minimum absolute atomic E-state index is 0.0878. The molecule has 1 saturated carbocycles. The Kier molecular flexibility index (Phi) is 4.52. The highest BCUT2D eigenvalue weighted by atomic mass is 16.5. The van der Waals surface area contributed by atoms with Crippen LogP contribution in [-0.4, -0.2) is 41.9 Å². The third-order valence-corrected chi connectivity index (χ3v) is 5.40. The number of ether oxygens (including phenoxy) is 1. The van der Waals surface area contributed by atoms with Gasteiger partial charge >= 0.3 is 6.03 Å². The molecule has 6 nitrogen and oxygen atoms in total. The van der Waals surface area contributed by atoms with Crippen LogP contribution in [0.2, 0.25) is 0 Å². The van der Waals surface area contributed by atoms with Gasteiger partial charge in [0.25, 0.3) is 0 Å². The maximum atomic E-state index is 12.3. The van der Waals surface area contributed by atoms with Crippen LogP contribution in [0.1, 0.15) is 45.6 Å². The van der Waals surface area contributed by atoms with Gasteiger partial charge in [0.05, 0.1) is 17.8 Å². The zero-order valence-corrected chi connectivity index (χ0v) is 14.4. The van der Waals surface area contributed by atoms with Crippen molar-refractivity contribution >= 4 is 6.03 Å². The van der Waals surface area contributed by atoms with Gasteiger partial charge in [-0.2, -0.15) is 0 Å². The first-order valence-electron chi connectivity index (χ1n) is 7.75. The molecule has 1 aromatic heterocycles. The van der Waals surface area contributed by atoms with Gasteiger partial charge in [-0.05, 0) is 19.8 Å². The number of urea groups is 1. The monoisotopic (exact) mass is 309 g/mol. The third kappa shape index (κ3) is 2.72. The molecule has 2 rings (SSSR count). The molecule has 2 amide bonds. The molecule has 2 atom stereocenters. The van der Waals surface area contributed by atoms with Gasteiger partial charge in [-0.3, -0.25) is 0 Å². The Bertz CT molecular complexity index is 540. The van der Waals surface area contributed by atoms with Gasteiger partial charge in [0.15, 0.2) is 5.76 Å². The smallest absolute Gasteiger partial charge is 0.317 e. The fourth-order valence-electron chi connectivity index (χ4n) is 3.11. The minimum Gasteiger partial charge on any atom is -0.378 e. The van der Waals surface area contributed by atoms with E-state index in [9.17, 15) is 4.79 Å². The van der Waals surface area contributed by atoms with Crippen LogP contribution in [0.4, 0.5) is 4.79 Å². The summed E-state index contributed by atoms with van der Waals surface area (Å²) in [5.41, 5.74) is 0.622. The highest BCUT2D eigenvalue weighted by molar-refractivity contribution is 5.74. The van der Waals surface area contributed by atoms with Gasteiger partial charge in [0, 0.05) is 31.7 Å². The van der Waals surface area contributed by atoms with E-state index in [1.165, 1.54) is 0 Å². The molecular formula is C16H27N3O3. The number of hydrogen-bond donors (Lipinski definition) is 1. The summed E-state index contributed by atoms with van der Waals surface area (Å²) in [5.74, 6) is 0.674. The fourth-order valence-corrected chi connectivity index (χ4v) is 3.11. The predicted molar refractivity (Wildman–Crippen MR) is 83.5 cm³/mol. The number of hydrogen-bond acceptors (Lipinski definition) is 4. The van der Waals surface area contributed by atoms with E-state index in [-0.39, 0.29) is 23.1 Å². The molecule has 1 aliphatic rings. The van der Waals surface area contributed by atoms with Gasteiger partial charge < -0.3 is 19.5 Å². The number of nitrogens with zero attached hydrogens (tertiary/aromatic N) is 2. The van der Waals surface area contributed by atoms with Gasteiger partial charge in [0.2, 0.25) is 0 Å². The molecule has 0 saturated heterocycles. The lowest BCUT2D eigenvalue weighted by atomic mass is 9.55. The van der Waals surface area contributed by atoms with E-state index < -0.39 is 0 Å². The van der Waals surface area contributed by atoms with E-state index in [1.54, 1.807) is 12.0 Å². The quantitative estimate of drug-likeness (QED) is 0.908. The van der Waals surface area contributed by atoms with Crippen molar-refractivity contribution < 1.29 is 14.1 Å². The van der Waals surface area contributed by atoms with Crippen molar-refractivity contribution in [3.8, 4) is 0 Å². The number of carbonyl (C=O) groups is 1. The molecule has 0 aromatic carbocycles. The summed E-state index contributed by atoms with van der Waals surface area (Å²) in [4.78, 5) is 14.1. The van der Waals surface area contributed by atoms with E-state index >= 15 is 0 Å². The van der Waals surface area contributed by atoms with Gasteiger partial charge in [0.1, 0.15) is 0 Å². The summed E-state index contributed by atoms with van der Waals surface area (Å²) in [6, 6.07) is 1.92. The van der Waals surface area contributed by atoms with Crippen LogP contribution in [0.3, 0.4) is 0 Å². The maximum Gasteiger partial charge on any atom is 0.317 e. The predicted octanol–water partition coefficient (Wildman–Crippen LogP) is 2.58. The molecule has 124 valence electrons. The van der Waals surface area contributed by atoms with Crippen LogP contribution in [-0.2, 0) is 17.7 Å². The Labute approximate surface area is 132 Å². The number of rotatable bonds is 5. The van der Waals surface area contributed by atoms with Gasteiger partial charge in [-0.1, -0.05) is 25.9 Å². The van der Waals surface area contributed by atoms with Crippen molar-refractivity contribution in [2.45, 2.75) is 58.7 Å². The topological polar surface area (TPSA) is 67.6 Å². The molecule has 0 radical (unpaired) electrons. The standard InChI is InChI=1S/C16H27N3O3/c1-7-11-8-12(22-18-11)10-17-14(20)19(5)13-9-16(4,21-6)15(13,2)3/h8,13H,7,9-10H2,1-6H3,(H,17,20). The van der Waals surface area contributed by atoms with Crippen molar-refractivity contribution in [2.75, 3.05) is 14.2 Å². The summed E-state index contributed by atoms with van der Waals surface area (Å²) >= 11 is 0. The molecule has 2 unspecified atom stereocenters. The fraction of sp³-hybridized carbons (Fsp3) is 0.750. The van der Waals surface area contributed by atoms with E-state index in [4.69, 9.17) is 9.26 Å². The molecular weight excluding hydrogens is 282 g/mol. The van der Waals surface area contributed by atoms with Crippen LogP contribution >= 0.6 is 0 Å². The molecule has 1 N–H and O–H groups in total. The molecule has 6 heteroatoms. The number of aromatic nitrogens is 1. The largest absolute Gasteiger partial charge is 0.378 e. The minimum atomic E-state index is -0.187. The molecule has 22 heavy (non-hydrogen) atoms. The van der Waals surface area contributed by atoms with Crippen molar-refractivity contribution in [1.82, 2.24) is 15.4 Å². The lowest BCUT2D eigenvalue weighted by Crippen LogP contribution is -2.69. The second kappa shape index (κ2) is 5.91. The Morgan fingerprint density at radius 3 is 2.73 bits per heavy atom. The molecule has 0 bridgehead atoms. The first-order chi connectivity index (χ1) is 10.2. The number of aryl methyl sites for hydroxylation is 1. The second-order valence-electron chi connectivity index (χ2n) is 6.78. The highest BCUT2D eigenvalue weighted by Crippen LogP contribution is 2.53. The number of carbonyl (C=O) groups excluding carboxylic acids is 1. The van der Waals surface area contributed by atoms with Gasteiger partial charge in [-0.15, -0.1) is 0 Å². The number of nitrogens with one attached hydrogen (secondary N) is 1. The Hall–Kier alpha value is -1.56. The van der Waals surface area contributed by atoms with Crippen molar-refractivity contribution in [1.29, 1.82) is 0 Å². The summed E-state index contributed by atoms with van der Waals surface area (Å²) in [5, 5.41) is 6.80. The zero-order valence-electron chi connectivity index (χ0n) is 14.4. The molecule has 1 aromatic rings. The van der Waals surface area contributed by atoms with Crippen LogP contribution in [0, 0.1) is 5.41 Å². The van der Waals surface area contributed by atoms with E-state index in [1.807, 2.05) is 20.0 Å². The highest BCUT2D eigenvalue weighted by Gasteiger charge is 2.59. The normalized spacial score (nSPS) is 26.4. The summed E-state index contributed by atoms with van der Waals surface area (Å²) < 4.78 is 10.8. The second-order valence-corrected chi connectivity index (χ2v) is 6.78. The van der Waals surface area contributed by atoms with E-state index in [0.29, 0.717) is 12.3 Å². The Morgan fingerprint density at radius 2 is 2.23 bits per heavy atom. The Balaban J connectivity index is 1.90. The Morgan fingerprint density at radius 1 is 1.55 bits per heavy atom. The molecule has 1 heterocycles. The average Bonchev–Trinajstić information content (AvgIpc) is 2.97. The zero-order chi connectivity index (χ0) is 16.5. The van der Waals surface area contributed by atoms with Crippen molar-refractivity contribution in [2.24, 2.45) is 5.41 Å². The summed E-state index contributed by atoms with van der Waals surface area (Å²) in [6.07, 6.45) is 1.66. The molecule has 0 spiro atoms. The maximum absolute atomic E-state index is 12.3. The van der Waals surface area contributed by atoms with Crippen LogP contribution < -0.4 is 5.32 Å². The third-order valence-electron chi connectivity index (χ3n) is 5.40.